The van der Waals surface area contributed by atoms with Gasteiger partial charge in [-0.2, -0.15) is 18.3 Å². The van der Waals surface area contributed by atoms with Crippen LogP contribution >= 0.6 is 0 Å². The van der Waals surface area contributed by atoms with Crippen molar-refractivity contribution in [3.05, 3.63) is 70.4 Å². The smallest absolute Gasteiger partial charge is 0.350 e. The van der Waals surface area contributed by atoms with Crippen molar-refractivity contribution in [2.24, 2.45) is 0 Å². The molecule has 4 rings (SSSR count). The lowest BCUT2D eigenvalue weighted by molar-refractivity contribution is -0.137. The lowest BCUT2D eigenvalue weighted by Crippen LogP contribution is -2.31. The molecule has 1 aromatic carbocycles. The van der Waals surface area contributed by atoms with Crippen LogP contribution in [0.5, 0.6) is 0 Å². The molecule has 0 atom stereocenters. The second-order valence-corrected chi connectivity index (χ2v) is 6.34. The SMILES string of the molecule is O=C1NCCc2nn(-c3cc(Cc4cc(F)cc(C(F)(F)F)c4)ccn3)nc21. The molecule has 6 nitrogen and oxygen atoms in total. The van der Waals surface area contributed by atoms with Crippen molar-refractivity contribution in [2.45, 2.75) is 19.0 Å². The highest BCUT2D eigenvalue weighted by Crippen LogP contribution is 2.31. The molecule has 10 heteroatoms. The van der Waals surface area contributed by atoms with E-state index in [1.165, 1.54) is 11.0 Å². The minimum absolute atomic E-state index is 0.0673. The zero-order valence-corrected chi connectivity index (χ0v) is 14.3. The van der Waals surface area contributed by atoms with Crippen LogP contribution in [0.2, 0.25) is 0 Å². The van der Waals surface area contributed by atoms with Gasteiger partial charge in [-0.05, 0) is 47.9 Å². The van der Waals surface area contributed by atoms with Crippen LogP contribution in [-0.2, 0) is 19.0 Å². The van der Waals surface area contributed by atoms with Crippen molar-refractivity contribution in [3.63, 3.8) is 0 Å². The third kappa shape index (κ3) is 3.57. The first kappa shape index (κ1) is 18.1. The molecule has 1 aliphatic rings. The standard InChI is InChI=1S/C18H13F4N5O/c19-13-7-11(6-12(9-13)18(20,21)22)5-10-1-3-23-15(8-10)27-25-14-2-4-24-17(28)16(14)26-27/h1,3,6-9H,2,4-5H2,(H,24,28). The molecule has 0 unspecified atom stereocenters. The lowest BCUT2D eigenvalue weighted by atomic mass is 10.0. The summed E-state index contributed by atoms with van der Waals surface area (Å²) in [6.45, 7) is 0.471. The highest BCUT2D eigenvalue weighted by Gasteiger charge is 2.31. The molecule has 1 N–H and O–H groups in total. The Hall–Kier alpha value is -3.30. The molecule has 0 bridgehead atoms. The number of alkyl halides is 3. The Morgan fingerprint density at radius 1 is 1.11 bits per heavy atom. The summed E-state index contributed by atoms with van der Waals surface area (Å²) in [5, 5.41) is 11.1. The molecule has 2 aromatic heterocycles. The van der Waals surface area contributed by atoms with E-state index in [9.17, 15) is 22.4 Å². The predicted octanol–water partition coefficient (Wildman–Crippen LogP) is 2.70. The van der Waals surface area contributed by atoms with E-state index in [0.717, 1.165) is 12.1 Å². The van der Waals surface area contributed by atoms with Gasteiger partial charge in [0.1, 0.15) is 5.82 Å². The number of hydrogen-bond acceptors (Lipinski definition) is 4. The molecule has 0 radical (unpaired) electrons. The van der Waals surface area contributed by atoms with Gasteiger partial charge in [0.2, 0.25) is 0 Å². The van der Waals surface area contributed by atoms with Gasteiger partial charge in [0.15, 0.2) is 11.5 Å². The Kier molecular flexibility index (Phi) is 4.33. The van der Waals surface area contributed by atoms with E-state index in [2.05, 4.69) is 20.5 Å². The number of hydrogen-bond donors (Lipinski definition) is 1. The van der Waals surface area contributed by atoms with E-state index in [0.29, 0.717) is 36.1 Å². The number of aromatic nitrogens is 4. The minimum Gasteiger partial charge on any atom is -0.350 e. The fourth-order valence-corrected chi connectivity index (χ4v) is 2.99. The Labute approximate surface area is 156 Å². The number of pyridine rings is 1. The molecule has 0 saturated heterocycles. The van der Waals surface area contributed by atoms with Gasteiger partial charge in [-0.3, -0.25) is 4.79 Å². The van der Waals surface area contributed by atoms with Gasteiger partial charge in [-0.15, -0.1) is 9.90 Å². The number of fused-ring (bicyclic) bond motifs is 1. The highest BCUT2D eigenvalue weighted by molar-refractivity contribution is 5.94. The van der Waals surface area contributed by atoms with Crippen LogP contribution in [0.15, 0.2) is 36.5 Å². The first-order chi connectivity index (χ1) is 13.3. The molecule has 0 spiro atoms. The average molecular weight is 391 g/mol. The van der Waals surface area contributed by atoms with Crippen LogP contribution in [0.3, 0.4) is 0 Å². The number of halogens is 4. The quantitative estimate of drug-likeness (QED) is 0.697. The lowest BCUT2D eigenvalue weighted by Gasteiger charge is -2.10. The molecule has 3 heterocycles. The van der Waals surface area contributed by atoms with E-state index in [4.69, 9.17) is 0 Å². The highest BCUT2D eigenvalue weighted by atomic mass is 19.4. The largest absolute Gasteiger partial charge is 0.416 e. The Balaban J connectivity index is 1.64. The summed E-state index contributed by atoms with van der Waals surface area (Å²) in [6.07, 6.45) is -2.56. The van der Waals surface area contributed by atoms with Crippen LogP contribution < -0.4 is 5.32 Å². The van der Waals surface area contributed by atoms with Crippen molar-refractivity contribution in [1.82, 2.24) is 25.3 Å². The molecule has 1 aliphatic heterocycles. The van der Waals surface area contributed by atoms with Gasteiger partial charge in [0.25, 0.3) is 5.91 Å². The Morgan fingerprint density at radius 3 is 2.68 bits per heavy atom. The molecular formula is C18H13F4N5O. The molecule has 1 amide bonds. The Bertz CT molecular complexity index is 1060. The maximum atomic E-state index is 13.6. The summed E-state index contributed by atoms with van der Waals surface area (Å²) in [5.41, 5.74) is 0.513. The molecule has 28 heavy (non-hydrogen) atoms. The van der Waals surface area contributed by atoms with E-state index in [-0.39, 0.29) is 23.6 Å². The van der Waals surface area contributed by atoms with Crippen molar-refractivity contribution in [1.29, 1.82) is 0 Å². The number of benzene rings is 1. The minimum atomic E-state index is -4.63. The van der Waals surface area contributed by atoms with Crippen molar-refractivity contribution in [3.8, 4) is 5.82 Å². The van der Waals surface area contributed by atoms with E-state index >= 15 is 0 Å². The number of amides is 1. The maximum Gasteiger partial charge on any atom is 0.416 e. The van der Waals surface area contributed by atoms with Gasteiger partial charge < -0.3 is 5.32 Å². The number of carbonyl (C=O) groups excluding carboxylic acids is 1. The fourth-order valence-electron chi connectivity index (χ4n) is 2.99. The van der Waals surface area contributed by atoms with Gasteiger partial charge in [0, 0.05) is 19.2 Å². The van der Waals surface area contributed by atoms with E-state index in [1.807, 2.05) is 0 Å². The van der Waals surface area contributed by atoms with Gasteiger partial charge >= 0.3 is 6.18 Å². The van der Waals surface area contributed by atoms with Crippen LogP contribution in [-0.4, -0.2) is 32.4 Å². The number of rotatable bonds is 3. The van der Waals surface area contributed by atoms with Crippen LogP contribution in [0, 0.1) is 5.82 Å². The molecule has 144 valence electrons. The fraction of sp³-hybridized carbons (Fsp3) is 0.222. The summed E-state index contributed by atoms with van der Waals surface area (Å²) in [7, 11) is 0. The summed E-state index contributed by atoms with van der Waals surface area (Å²) < 4.78 is 52.3. The summed E-state index contributed by atoms with van der Waals surface area (Å²) >= 11 is 0. The molecule has 3 aromatic rings. The van der Waals surface area contributed by atoms with Crippen molar-refractivity contribution >= 4 is 5.91 Å². The summed E-state index contributed by atoms with van der Waals surface area (Å²) in [5.74, 6) is -0.957. The topological polar surface area (TPSA) is 72.7 Å². The summed E-state index contributed by atoms with van der Waals surface area (Å²) in [6, 6.07) is 5.63. The van der Waals surface area contributed by atoms with Crippen LogP contribution in [0.25, 0.3) is 5.82 Å². The third-order valence-electron chi connectivity index (χ3n) is 4.25. The number of nitrogens with zero attached hydrogens (tertiary/aromatic N) is 4. The van der Waals surface area contributed by atoms with Gasteiger partial charge in [-0.25, -0.2) is 9.37 Å². The van der Waals surface area contributed by atoms with E-state index < -0.39 is 17.6 Å². The zero-order valence-electron chi connectivity index (χ0n) is 14.3. The first-order valence-electron chi connectivity index (χ1n) is 8.36. The second kappa shape index (κ2) is 6.70. The normalized spacial score (nSPS) is 13.9. The molecular weight excluding hydrogens is 378 g/mol. The predicted molar refractivity (Wildman–Crippen MR) is 89.4 cm³/mol. The van der Waals surface area contributed by atoms with Gasteiger partial charge in [0.05, 0.1) is 11.3 Å². The maximum absolute atomic E-state index is 13.6. The summed E-state index contributed by atoms with van der Waals surface area (Å²) in [4.78, 5) is 17.2. The Morgan fingerprint density at radius 2 is 1.93 bits per heavy atom. The van der Waals surface area contributed by atoms with E-state index in [1.54, 1.807) is 12.1 Å². The monoisotopic (exact) mass is 391 g/mol. The third-order valence-corrected chi connectivity index (χ3v) is 4.25. The molecule has 0 fully saturated rings. The zero-order chi connectivity index (χ0) is 19.9. The van der Waals surface area contributed by atoms with Crippen molar-refractivity contribution < 1.29 is 22.4 Å². The van der Waals surface area contributed by atoms with Crippen molar-refractivity contribution in [2.75, 3.05) is 6.54 Å². The van der Waals surface area contributed by atoms with Crippen LogP contribution in [0.1, 0.15) is 32.9 Å². The number of carbonyl (C=O) groups is 1. The first-order valence-corrected chi connectivity index (χ1v) is 8.36. The second-order valence-electron chi connectivity index (χ2n) is 6.34. The molecule has 0 saturated carbocycles. The van der Waals surface area contributed by atoms with Gasteiger partial charge in [-0.1, -0.05) is 0 Å². The average Bonchev–Trinajstić information content (AvgIpc) is 3.06. The number of nitrogens with one attached hydrogen (secondary N) is 1. The molecule has 0 aliphatic carbocycles. The van der Waals surface area contributed by atoms with Crippen LogP contribution in [0.4, 0.5) is 17.6 Å².